The van der Waals surface area contributed by atoms with Gasteiger partial charge in [-0.05, 0) is 48.8 Å². The molecule has 1 unspecified atom stereocenters. The number of nitriles is 1. The Balaban J connectivity index is 1.57. The Bertz CT molecular complexity index is 752. The molecule has 0 spiro atoms. The number of rotatable bonds is 3. The lowest BCUT2D eigenvalue weighted by Crippen LogP contribution is -2.21. The van der Waals surface area contributed by atoms with Gasteiger partial charge in [0.2, 0.25) is 0 Å². The smallest absolute Gasteiger partial charge is 0.318 e. The number of hydrogen-bond acceptors (Lipinski definition) is 3. The fraction of sp³-hybridized carbons (Fsp3) is 0.429. The van der Waals surface area contributed by atoms with Crippen LogP contribution in [0.5, 0.6) is 5.75 Å². The van der Waals surface area contributed by atoms with Crippen LogP contribution in [0, 0.1) is 34.9 Å². The van der Waals surface area contributed by atoms with Crippen molar-refractivity contribution in [3.8, 4) is 11.8 Å². The normalized spacial score (nSPS) is 25.8. The number of carbonyl (C=O) groups is 1. The zero-order valence-electron chi connectivity index (χ0n) is 14.4. The van der Waals surface area contributed by atoms with Crippen molar-refractivity contribution in [1.29, 1.82) is 5.26 Å². The second-order valence-corrected chi connectivity index (χ2v) is 7.04. The van der Waals surface area contributed by atoms with E-state index in [0.29, 0.717) is 12.3 Å². The zero-order chi connectivity index (χ0) is 17.8. The number of hydrogen-bond donors (Lipinski definition) is 0. The summed E-state index contributed by atoms with van der Waals surface area (Å²) in [7, 11) is 0. The summed E-state index contributed by atoms with van der Waals surface area (Å²) in [6.45, 7) is 2.30. The summed E-state index contributed by atoms with van der Waals surface area (Å²) in [5.74, 6) is 0.140. The lowest BCUT2D eigenvalue weighted by Gasteiger charge is -2.28. The third kappa shape index (κ3) is 4.17. The second-order valence-electron chi connectivity index (χ2n) is 7.04. The summed E-state index contributed by atoms with van der Waals surface area (Å²) in [5, 5.41) is 8.73. The highest BCUT2D eigenvalue weighted by Gasteiger charge is 2.25. The van der Waals surface area contributed by atoms with Gasteiger partial charge in [0.25, 0.3) is 0 Å². The molecular weight excluding hydrogens is 317 g/mol. The van der Waals surface area contributed by atoms with Crippen LogP contribution in [0.4, 0.5) is 4.39 Å². The third-order valence-corrected chi connectivity index (χ3v) is 5.20. The van der Waals surface area contributed by atoms with Crippen LogP contribution in [-0.2, 0) is 4.79 Å². The van der Waals surface area contributed by atoms with E-state index in [9.17, 15) is 9.18 Å². The van der Waals surface area contributed by atoms with Gasteiger partial charge in [-0.1, -0.05) is 38.0 Å². The molecule has 1 fully saturated rings. The van der Waals surface area contributed by atoms with E-state index in [4.69, 9.17) is 10.00 Å². The highest BCUT2D eigenvalue weighted by atomic mass is 19.1. The number of halogens is 1. The second kappa shape index (κ2) is 7.65. The van der Waals surface area contributed by atoms with Crippen LogP contribution < -0.4 is 4.74 Å². The molecule has 0 amide bonds. The predicted molar refractivity (Wildman–Crippen MR) is 93.2 cm³/mol. The molecule has 0 saturated heterocycles. The van der Waals surface area contributed by atoms with Crippen LogP contribution >= 0.6 is 0 Å². The minimum absolute atomic E-state index is 0.0632. The molecule has 130 valence electrons. The molecule has 0 radical (unpaired) electrons. The summed E-state index contributed by atoms with van der Waals surface area (Å²) in [4.78, 5) is 12.3. The Kier molecular flexibility index (Phi) is 5.33. The highest BCUT2D eigenvalue weighted by Crippen LogP contribution is 2.35. The Labute approximate surface area is 147 Å². The average Bonchev–Trinajstić information content (AvgIpc) is 2.63. The van der Waals surface area contributed by atoms with Gasteiger partial charge in [0, 0.05) is 6.07 Å². The number of esters is 1. The lowest BCUT2D eigenvalue weighted by molar-refractivity contribution is -0.137. The molecular formula is C21H22FNO2. The minimum Gasteiger partial charge on any atom is -0.426 e. The van der Waals surface area contributed by atoms with Crippen LogP contribution in [0.15, 0.2) is 42.0 Å². The van der Waals surface area contributed by atoms with Gasteiger partial charge in [-0.25, -0.2) is 4.39 Å². The van der Waals surface area contributed by atoms with E-state index in [1.807, 2.05) is 6.08 Å². The minimum atomic E-state index is -0.680. The summed E-state index contributed by atoms with van der Waals surface area (Å²) in [5.41, 5.74) is 1.27. The number of carbonyl (C=O) groups excluding carboxylic acids is 1. The van der Waals surface area contributed by atoms with Crippen molar-refractivity contribution in [2.75, 3.05) is 0 Å². The van der Waals surface area contributed by atoms with Crippen LogP contribution in [0.3, 0.4) is 0 Å². The Morgan fingerprint density at radius 2 is 2.04 bits per heavy atom. The van der Waals surface area contributed by atoms with Crippen LogP contribution in [-0.4, -0.2) is 5.97 Å². The SMILES string of the molecule is CC1CCC(C2=CCC(C(=O)Oc3ccc(C#N)c(F)c3)C=C2)CC1. The molecule has 0 aromatic heterocycles. The van der Waals surface area contributed by atoms with Gasteiger partial charge in [0.05, 0.1) is 11.5 Å². The molecule has 4 heteroatoms. The van der Waals surface area contributed by atoms with E-state index in [0.717, 1.165) is 12.0 Å². The van der Waals surface area contributed by atoms with Gasteiger partial charge in [-0.15, -0.1) is 0 Å². The molecule has 1 saturated carbocycles. The van der Waals surface area contributed by atoms with Gasteiger partial charge >= 0.3 is 5.97 Å². The quantitative estimate of drug-likeness (QED) is 0.579. The maximum Gasteiger partial charge on any atom is 0.318 e. The Hall–Kier alpha value is -2.41. The third-order valence-electron chi connectivity index (χ3n) is 5.20. The fourth-order valence-electron chi connectivity index (χ4n) is 3.55. The van der Waals surface area contributed by atoms with E-state index in [-0.39, 0.29) is 17.2 Å². The standard InChI is InChI=1S/C21H22FNO2/c1-14-2-4-15(5-3-14)16-6-8-17(9-7-16)21(24)25-19-11-10-18(13-23)20(22)12-19/h6-8,10-12,14-15,17H,2-5,9H2,1H3. The fourth-order valence-corrected chi connectivity index (χ4v) is 3.55. The van der Waals surface area contributed by atoms with Gasteiger partial charge in [-0.2, -0.15) is 5.26 Å². The van der Waals surface area contributed by atoms with Crippen LogP contribution in [0.1, 0.15) is 44.6 Å². The van der Waals surface area contributed by atoms with Crippen molar-refractivity contribution in [3.05, 3.63) is 53.4 Å². The van der Waals surface area contributed by atoms with Crippen molar-refractivity contribution in [2.24, 2.45) is 17.8 Å². The molecule has 2 aliphatic rings. The van der Waals surface area contributed by atoms with Crippen molar-refractivity contribution < 1.29 is 13.9 Å². The molecule has 3 rings (SSSR count). The molecule has 3 nitrogen and oxygen atoms in total. The van der Waals surface area contributed by atoms with E-state index >= 15 is 0 Å². The van der Waals surface area contributed by atoms with E-state index in [1.54, 1.807) is 6.07 Å². The van der Waals surface area contributed by atoms with E-state index < -0.39 is 11.8 Å². The van der Waals surface area contributed by atoms with Crippen LogP contribution in [0.2, 0.25) is 0 Å². The first-order valence-corrected chi connectivity index (χ1v) is 8.86. The van der Waals surface area contributed by atoms with Crippen molar-refractivity contribution >= 4 is 5.97 Å². The summed E-state index contributed by atoms with van der Waals surface area (Å²) < 4.78 is 18.9. The summed E-state index contributed by atoms with van der Waals surface area (Å²) in [6.07, 6.45) is 11.7. The van der Waals surface area contributed by atoms with Crippen molar-refractivity contribution in [2.45, 2.75) is 39.0 Å². The van der Waals surface area contributed by atoms with Crippen LogP contribution in [0.25, 0.3) is 0 Å². The molecule has 0 aliphatic heterocycles. The number of benzene rings is 1. The molecule has 0 heterocycles. The van der Waals surface area contributed by atoms with Gasteiger partial charge in [0.1, 0.15) is 17.6 Å². The summed E-state index contributed by atoms with van der Waals surface area (Å²) in [6, 6.07) is 5.58. The van der Waals surface area contributed by atoms with E-state index in [2.05, 4.69) is 19.1 Å². The maximum absolute atomic E-state index is 13.6. The average molecular weight is 339 g/mol. The molecule has 1 aromatic rings. The Morgan fingerprint density at radius 3 is 2.64 bits per heavy atom. The molecule has 0 bridgehead atoms. The van der Waals surface area contributed by atoms with Gasteiger partial charge in [0.15, 0.2) is 0 Å². The van der Waals surface area contributed by atoms with Crippen molar-refractivity contribution in [3.63, 3.8) is 0 Å². The summed E-state index contributed by atoms with van der Waals surface area (Å²) >= 11 is 0. The number of allylic oxidation sites excluding steroid dienone is 3. The largest absolute Gasteiger partial charge is 0.426 e. The topological polar surface area (TPSA) is 50.1 Å². The molecule has 0 N–H and O–H groups in total. The molecule has 2 aliphatic carbocycles. The highest BCUT2D eigenvalue weighted by molar-refractivity contribution is 5.77. The molecule has 25 heavy (non-hydrogen) atoms. The van der Waals surface area contributed by atoms with Gasteiger partial charge in [-0.3, -0.25) is 4.79 Å². The predicted octanol–water partition coefficient (Wildman–Crippen LogP) is 4.93. The first-order chi connectivity index (χ1) is 12.1. The van der Waals surface area contributed by atoms with Crippen molar-refractivity contribution in [1.82, 2.24) is 0 Å². The Morgan fingerprint density at radius 1 is 1.28 bits per heavy atom. The first kappa shape index (κ1) is 17.4. The van der Waals surface area contributed by atoms with E-state index in [1.165, 1.54) is 43.4 Å². The molecule has 1 aromatic carbocycles. The number of nitrogens with zero attached hydrogens (tertiary/aromatic N) is 1. The van der Waals surface area contributed by atoms with Gasteiger partial charge < -0.3 is 4.74 Å². The first-order valence-electron chi connectivity index (χ1n) is 8.86. The zero-order valence-corrected chi connectivity index (χ0v) is 14.4. The number of ether oxygens (including phenoxy) is 1. The molecule has 1 atom stereocenters. The maximum atomic E-state index is 13.6. The lowest BCUT2D eigenvalue weighted by atomic mass is 9.77. The monoisotopic (exact) mass is 339 g/mol.